The lowest BCUT2D eigenvalue weighted by atomic mass is 10.0. The van der Waals surface area contributed by atoms with E-state index in [0.29, 0.717) is 0 Å². The highest BCUT2D eigenvalue weighted by atomic mass is 19.5. The fraction of sp³-hybridized carbons (Fsp3) is 0.0455. The van der Waals surface area contributed by atoms with Crippen LogP contribution in [0, 0.1) is 0 Å². The van der Waals surface area contributed by atoms with Crippen molar-refractivity contribution in [2.75, 3.05) is 0 Å². The molecule has 0 saturated heterocycles. The summed E-state index contributed by atoms with van der Waals surface area (Å²) in [5.74, 6) is 0. The summed E-state index contributed by atoms with van der Waals surface area (Å²) in [5.41, 5.74) is 3.39. The van der Waals surface area contributed by atoms with Gasteiger partial charge in [-0.1, -0.05) is 18.2 Å². The second-order valence-electron chi connectivity index (χ2n) is 6.73. The molecular weight excluding hydrogens is 421 g/mol. The zero-order valence-corrected chi connectivity index (χ0v) is 16.6. The Morgan fingerprint density at radius 1 is 0.656 bits per heavy atom. The van der Waals surface area contributed by atoms with Gasteiger partial charge < -0.3 is 17.3 Å². The molecule has 32 heavy (non-hydrogen) atoms. The maximum Gasteiger partial charge on any atom is 0.673 e. The summed E-state index contributed by atoms with van der Waals surface area (Å²) in [6.45, 7) is 0. The van der Waals surface area contributed by atoms with Crippen molar-refractivity contribution >= 4 is 13.0 Å². The molecule has 5 nitrogen and oxygen atoms in total. The Morgan fingerprint density at radius 2 is 1.19 bits per heavy atom. The zero-order valence-electron chi connectivity index (χ0n) is 16.6. The topological polar surface area (TPSA) is 54.9 Å². The van der Waals surface area contributed by atoms with Crippen molar-refractivity contribution in [2.45, 2.75) is 5.66 Å². The van der Waals surface area contributed by atoms with E-state index < -0.39 is 12.9 Å². The van der Waals surface area contributed by atoms with E-state index in [0.717, 1.165) is 28.5 Å². The summed E-state index contributed by atoms with van der Waals surface area (Å²) >= 11 is 0. The summed E-state index contributed by atoms with van der Waals surface area (Å²) in [6, 6.07) is 23.7. The van der Waals surface area contributed by atoms with Crippen LogP contribution in [0.15, 0.2) is 103 Å². The first-order valence-electron chi connectivity index (χ1n) is 9.63. The van der Waals surface area contributed by atoms with Gasteiger partial charge >= 0.3 is 12.9 Å². The molecule has 0 N–H and O–H groups in total. The fourth-order valence-electron chi connectivity index (χ4n) is 3.51. The summed E-state index contributed by atoms with van der Waals surface area (Å²) in [7, 11) is -6.00. The minimum absolute atomic E-state index is 0.812. The minimum Gasteiger partial charge on any atom is -0.418 e. The van der Waals surface area contributed by atoms with Crippen molar-refractivity contribution in [2.24, 2.45) is 4.99 Å². The van der Waals surface area contributed by atoms with Gasteiger partial charge in [-0.2, -0.15) is 9.56 Å². The molecule has 1 aliphatic rings. The Labute approximate surface area is 181 Å². The van der Waals surface area contributed by atoms with Crippen molar-refractivity contribution in [1.82, 2.24) is 15.0 Å². The van der Waals surface area contributed by atoms with Crippen LogP contribution < -0.4 is 4.57 Å². The molecule has 0 bridgehead atoms. The van der Waals surface area contributed by atoms with Crippen LogP contribution in [-0.4, -0.2) is 27.9 Å². The Hall–Kier alpha value is -3.95. The second-order valence-corrected chi connectivity index (χ2v) is 6.73. The van der Waals surface area contributed by atoms with Gasteiger partial charge in [0.2, 0.25) is 5.69 Å². The average molecular weight is 437 g/mol. The quantitative estimate of drug-likeness (QED) is 0.276. The number of rotatable bonds is 3. The molecule has 5 heterocycles. The molecule has 0 amide bonds. The van der Waals surface area contributed by atoms with E-state index in [9.17, 15) is 17.3 Å². The molecule has 10 heteroatoms. The van der Waals surface area contributed by atoms with E-state index in [1.54, 1.807) is 18.6 Å². The van der Waals surface area contributed by atoms with Crippen LogP contribution in [0.2, 0.25) is 0 Å². The molecule has 0 atom stereocenters. The van der Waals surface area contributed by atoms with Gasteiger partial charge in [0.1, 0.15) is 11.4 Å². The van der Waals surface area contributed by atoms with Crippen LogP contribution in [0.25, 0.3) is 0 Å². The van der Waals surface area contributed by atoms with E-state index >= 15 is 0 Å². The Kier molecular flexibility index (Phi) is 5.76. The standard InChI is InChI=1S/C22H16N5.BF4/c1-5-13-23-17(9-1)21-18-10-4-8-16-27(18)22(26-21,19-11-2-6-14-24-19)20-12-3-7-15-25-20;2-1(3,4)5/h1-16H;/q+1;-1. The first-order valence-corrected chi connectivity index (χ1v) is 9.63. The van der Waals surface area contributed by atoms with Crippen LogP contribution in [0.4, 0.5) is 17.3 Å². The Morgan fingerprint density at radius 3 is 1.69 bits per heavy atom. The molecule has 0 radical (unpaired) electrons. The van der Waals surface area contributed by atoms with Crippen LogP contribution in [0.5, 0.6) is 0 Å². The molecule has 4 aromatic heterocycles. The SMILES string of the molecule is F[B-](F)(F)F.c1ccc(C2=NC(c3ccccn3)(c3ccccn3)[n+]3ccccc32)nc1. The van der Waals surface area contributed by atoms with Crippen molar-refractivity contribution < 1.29 is 21.8 Å². The third kappa shape index (κ3) is 4.25. The van der Waals surface area contributed by atoms with Crippen molar-refractivity contribution in [1.29, 1.82) is 0 Å². The summed E-state index contributed by atoms with van der Waals surface area (Å²) in [5, 5.41) is 0. The van der Waals surface area contributed by atoms with Gasteiger partial charge in [0.05, 0.1) is 5.69 Å². The smallest absolute Gasteiger partial charge is 0.418 e. The van der Waals surface area contributed by atoms with Crippen molar-refractivity contribution in [3.05, 3.63) is 120 Å². The lowest BCUT2D eigenvalue weighted by Crippen LogP contribution is -2.56. The molecule has 4 aromatic rings. The predicted octanol–water partition coefficient (Wildman–Crippen LogP) is 4.06. The maximum atomic E-state index is 9.75. The summed E-state index contributed by atoms with van der Waals surface area (Å²) < 4.78 is 41.1. The number of aromatic nitrogens is 4. The lowest BCUT2D eigenvalue weighted by Gasteiger charge is -2.20. The predicted molar refractivity (Wildman–Crippen MR) is 111 cm³/mol. The molecule has 160 valence electrons. The second kappa shape index (κ2) is 8.66. The summed E-state index contributed by atoms with van der Waals surface area (Å²) in [6.07, 6.45) is 7.39. The first-order chi connectivity index (χ1) is 15.4. The number of hydrogen-bond donors (Lipinski definition) is 0. The van der Waals surface area contributed by atoms with Crippen LogP contribution in [0.1, 0.15) is 22.8 Å². The zero-order chi connectivity index (χ0) is 22.6. The summed E-state index contributed by atoms with van der Waals surface area (Å²) in [4.78, 5) is 19.0. The van der Waals surface area contributed by atoms with Gasteiger partial charge in [-0.15, -0.1) is 0 Å². The Bertz CT molecular complexity index is 1170. The maximum absolute atomic E-state index is 9.75. The highest BCUT2D eigenvalue weighted by molar-refractivity contribution is 6.50. The molecule has 1 aliphatic heterocycles. The van der Waals surface area contributed by atoms with E-state index in [2.05, 4.69) is 25.6 Å². The van der Waals surface area contributed by atoms with Gasteiger partial charge in [-0.3, -0.25) is 15.0 Å². The number of halogens is 4. The van der Waals surface area contributed by atoms with Gasteiger partial charge in [-0.05, 0) is 42.5 Å². The normalized spacial score (nSPS) is 14.1. The number of aliphatic imine (C=N–C) groups is 1. The first kappa shape index (κ1) is 21.3. The van der Waals surface area contributed by atoms with Crippen LogP contribution >= 0.6 is 0 Å². The average Bonchev–Trinajstić information content (AvgIpc) is 3.16. The molecular formula is C22H16BF4N5. The van der Waals surface area contributed by atoms with Crippen molar-refractivity contribution in [3.8, 4) is 0 Å². The third-order valence-corrected chi connectivity index (χ3v) is 4.68. The van der Waals surface area contributed by atoms with Crippen LogP contribution in [0.3, 0.4) is 0 Å². The largest absolute Gasteiger partial charge is 0.673 e. The van der Waals surface area contributed by atoms with Crippen LogP contribution in [-0.2, 0) is 5.66 Å². The molecule has 0 aromatic carbocycles. The highest BCUT2D eigenvalue weighted by Crippen LogP contribution is 2.33. The van der Waals surface area contributed by atoms with Gasteiger partial charge in [0.25, 0.3) is 0 Å². The fourth-order valence-corrected chi connectivity index (χ4v) is 3.51. The van der Waals surface area contributed by atoms with Crippen molar-refractivity contribution in [3.63, 3.8) is 0 Å². The van der Waals surface area contributed by atoms with E-state index in [1.165, 1.54) is 0 Å². The van der Waals surface area contributed by atoms with Gasteiger partial charge in [-0.25, -0.2) is 0 Å². The number of fused-ring (bicyclic) bond motifs is 1. The molecule has 0 spiro atoms. The van der Waals surface area contributed by atoms with E-state index in [1.807, 2.05) is 72.9 Å². The molecule has 0 saturated carbocycles. The number of nitrogens with zero attached hydrogens (tertiary/aromatic N) is 5. The van der Waals surface area contributed by atoms with E-state index in [-0.39, 0.29) is 0 Å². The minimum atomic E-state index is -6.00. The molecule has 0 unspecified atom stereocenters. The molecule has 0 fully saturated rings. The lowest BCUT2D eigenvalue weighted by molar-refractivity contribution is -0.739. The van der Waals surface area contributed by atoms with Gasteiger partial charge in [0, 0.05) is 30.7 Å². The molecule has 5 rings (SSSR count). The van der Waals surface area contributed by atoms with Gasteiger partial charge in [0.15, 0.2) is 11.9 Å². The Balaban J connectivity index is 0.000000444. The number of hydrogen-bond acceptors (Lipinski definition) is 4. The number of pyridine rings is 4. The highest BCUT2D eigenvalue weighted by Gasteiger charge is 2.54. The van der Waals surface area contributed by atoms with E-state index in [4.69, 9.17) is 4.99 Å². The monoisotopic (exact) mass is 437 g/mol. The molecule has 0 aliphatic carbocycles. The third-order valence-electron chi connectivity index (χ3n) is 4.68.